The highest BCUT2D eigenvalue weighted by molar-refractivity contribution is 5.95. The van der Waals surface area contributed by atoms with Crippen molar-refractivity contribution in [1.82, 2.24) is 0 Å². The Balaban J connectivity index is 1.36. The van der Waals surface area contributed by atoms with Gasteiger partial charge in [-0.05, 0) is 72.5 Å². The summed E-state index contributed by atoms with van der Waals surface area (Å²) in [7, 11) is 0. The van der Waals surface area contributed by atoms with Crippen LogP contribution in [0.3, 0.4) is 0 Å². The second kappa shape index (κ2) is 7.53. The number of rotatable bonds is 5. The van der Waals surface area contributed by atoms with Crippen molar-refractivity contribution in [1.29, 1.82) is 5.26 Å². The van der Waals surface area contributed by atoms with E-state index in [-0.39, 0.29) is 23.6 Å². The van der Waals surface area contributed by atoms with E-state index in [4.69, 9.17) is 10.00 Å². The fourth-order valence-corrected chi connectivity index (χ4v) is 3.20. The summed E-state index contributed by atoms with van der Waals surface area (Å²) in [6, 6.07) is 22.4. The summed E-state index contributed by atoms with van der Waals surface area (Å²) >= 11 is 0. The molecule has 0 bridgehead atoms. The number of ether oxygens (including phenoxy) is 1. The molecule has 0 aliphatic heterocycles. The molecular formula is C23H17FN2O2. The van der Waals surface area contributed by atoms with Crippen molar-refractivity contribution in [2.75, 3.05) is 5.32 Å². The van der Waals surface area contributed by atoms with E-state index in [1.807, 2.05) is 6.07 Å². The van der Waals surface area contributed by atoms with Crippen LogP contribution in [-0.2, 0) is 4.79 Å². The lowest BCUT2D eigenvalue weighted by atomic mass is 10.1. The smallest absolute Gasteiger partial charge is 0.228 e. The van der Waals surface area contributed by atoms with Crippen LogP contribution in [0.1, 0.15) is 23.5 Å². The molecule has 2 unspecified atom stereocenters. The van der Waals surface area contributed by atoms with E-state index >= 15 is 0 Å². The topological polar surface area (TPSA) is 62.1 Å². The molecule has 3 aromatic rings. The van der Waals surface area contributed by atoms with Crippen molar-refractivity contribution in [3.63, 3.8) is 0 Å². The summed E-state index contributed by atoms with van der Waals surface area (Å²) in [5.41, 5.74) is 2.06. The van der Waals surface area contributed by atoms with Crippen molar-refractivity contribution in [3.8, 4) is 17.6 Å². The van der Waals surface area contributed by atoms with E-state index in [0.29, 0.717) is 22.7 Å². The average Bonchev–Trinajstić information content (AvgIpc) is 3.51. The summed E-state index contributed by atoms with van der Waals surface area (Å²) in [6.45, 7) is 0. The zero-order valence-corrected chi connectivity index (χ0v) is 14.9. The number of nitrogens with zero attached hydrogens (tertiary/aromatic N) is 1. The SMILES string of the molecule is N#Cc1cccc(Oc2ccc(NC(=O)C3CC3c3cccc(F)c3)cc2)c1. The number of carbonyl (C=O) groups excluding carboxylic acids is 1. The minimum absolute atomic E-state index is 0.0651. The van der Waals surface area contributed by atoms with Gasteiger partial charge < -0.3 is 10.1 Å². The lowest BCUT2D eigenvalue weighted by Crippen LogP contribution is -2.14. The summed E-state index contributed by atoms with van der Waals surface area (Å²) in [5, 5.41) is 11.8. The molecule has 1 amide bonds. The molecule has 2 atom stereocenters. The average molecular weight is 372 g/mol. The fraction of sp³-hybridized carbons (Fsp3) is 0.130. The van der Waals surface area contributed by atoms with Gasteiger partial charge in [-0.2, -0.15) is 5.26 Å². The van der Waals surface area contributed by atoms with Gasteiger partial charge in [0.05, 0.1) is 11.6 Å². The van der Waals surface area contributed by atoms with Crippen LogP contribution in [0.5, 0.6) is 11.5 Å². The molecule has 4 rings (SSSR count). The first kappa shape index (κ1) is 17.7. The first-order valence-corrected chi connectivity index (χ1v) is 8.97. The van der Waals surface area contributed by atoms with Gasteiger partial charge in [0, 0.05) is 11.6 Å². The third-order valence-corrected chi connectivity index (χ3v) is 4.72. The van der Waals surface area contributed by atoms with Crippen molar-refractivity contribution >= 4 is 11.6 Å². The number of benzene rings is 3. The Hall–Kier alpha value is -3.65. The summed E-state index contributed by atoms with van der Waals surface area (Å²) in [6.07, 6.45) is 0.728. The monoisotopic (exact) mass is 372 g/mol. The van der Waals surface area contributed by atoms with Crippen LogP contribution in [0.2, 0.25) is 0 Å². The van der Waals surface area contributed by atoms with Gasteiger partial charge in [-0.15, -0.1) is 0 Å². The van der Waals surface area contributed by atoms with Gasteiger partial charge in [0.25, 0.3) is 0 Å². The van der Waals surface area contributed by atoms with Crippen molar-refractivity contribution < 1.29 is 13.9 Å². The molecule has 4 nitrogen and oxygen atoms in total. The molecule has 1 aliphatic rings. The third kappa shape index (κ3) is 4.02. The lowest BCUT2D eigenvalue weighted by Gasteiger charge is -2.08. The van der Waals surface area contributed by atoms with Gasteiger partial charge in [0.15, 0.2) is 0 Å². The molecule has 0 radical (unpaired) electrons. The summed E-state index contributed by atoms with van der Waals surface area (Å²) in [4.78, 5) is 12.4. The van der Waals surface area contributed by atoms with Crippen molar-refractivity contribution in [3.05, 3.63) is 89.7 Å². The highest BCUT2D eigenvalue weighted by atomic mass is 19.1. The predicted molar refractivity (Wildman–Crippen MR) is 104 cm³/mol. The Morgan fingerprint density at radius 1 is 1.04 bits per heavy atom. The first-order valence-electron chi connectivity index (χ1n) is 8.97. The number of hydrogen-bond donors (Lipinski definition) is 1. The summed E-state index contributed by atoms with van der Waals surface area (Å²) in [5.74, 6) is 0.783. The fourth-order valence-electron chi connectivity index (χ4n) is 3.20. The molecule has 5 heteroatoms. The Morgan fingerprint density at radius 2 is 1.82 bits per heavy atom. The molecule has 28 heavy (non-hydrogen) atoms. The van der Waals surface area contributed by atoms with Gasteiger partial charge in [0.1, 0.15) is 17.3 Å². The molecule has 0 aromatic heterocycles. The van der Waals surface area contributed by atoms with Crippen LogP contribution in [0, 0.1) is 23.1 Å². The largest absolute Gasteiger partial charge is 0.457 e. The van der Waals surface area contributed by atoms with Gasteiger partial charge in [-0.3, -0.25) is 4.79 Å². The molecule has 1 aliphatic carbocycles. The van der Waals surface area contributed by atoms with E-state index in [2.05, 4.69) is 11.4 Å². The van der Waals surface area contributed by atoms with Crippen molar-refractivity contribution in [2.24, 2.45) is 5.92 Å². The van der Waals surface area contributed by atoms with E-state index in [9.17, 15) is 9.18 Å². The molecule has 3 aromatic carbocycles. The van der Waals surface area contributed by atoms with Gasteiger partial charge in [-0.1, -0.05) is 18.2 Å². The maximum Gasteiger partial charge on any atom is 0.228 e. The number of anilines is 1. The Morgan fingerprint density at radius 3 is 2.57 bits per heavy atom. The number of nitrogens with one attached hydrogen (secondary N) is 1. The van der Waals surface area contributed by atoms with Gasteiger partial charge >= 0.3 is 0 Å². The molecule has 0 spiro atoms. The van der Waals surface area contributed by atoms with Gasteiger partial charge in [0.2, 0.25) is 5.91 Å². The first-order chi connectivity index (χ1) is 13.6. The maximum atomic E-state index is 13.3. The molecule has 0 saturated heterocycles. The Bertz CT molecular complexity index is 1060. The minimum atomic E-state index is -0.278. The van der Waals surface area contributed by atoms with Crippen LogP contribution in [0.15, 0.2) is 72.8 Å². The number of hydrogen-bond acceptors (Lipinski definition) is 3. The van der Waals surface area contributed by atoms with E-state index < -0.39 is 0 Å². The lowest BCUT2D eigenvalue weighted by molar-refractivity contribution is -0.117. The Labute approximate surface area is 162 Å². The number of nitriles is 1. The van der Waals surface area contributed by atoms with Crippen molar-refractivity contribution in [2.45, 2.75) is 12.3 Å². The minimum Gasteiger partial charge on any atom is -0.457 e. The van der Waals surface area contributed by atoms with Gasteiger partial charge in [-0.25, -0.2) is 4.39 Å². The highest BCUT2D eigenvalue weighted by Crippen LogP contribution is 2.48. The number of carbonyl (C=O) groups is 1. The highest BCUT2D eigenvalue weighted by Gasteiger charge is 2.44. The Kier molecular flexibility index (Phi) is 4.77. The second-order valence-electron chi connectivity index (χ2n) is 6.76. The van der Waals surface area contributed by atoms with Crippen LogP contribution in [-0.4, -0.2) is 5.91 Å². The predicted octanol–water partition coefficient (Wildman–Crippen LogP) is 5.23. The zero-order chi connectivity index (χ0) is 19.5. The van der Waals surface area contributed by atoms with E-state index in [1.54, 1.807) is 54.6 Å². The maximum absolute atomic E-state index is 13.3. The molecule has 0 heterocycles. The van der Waals surface area contributed by atoms with E-state index in [1.165, 1.54) is 12.1 Å². The van der Waals surface area contributed by atoms with Crippen LogP contribution < -0.4 is 10.1 Å². The molecule has 1 fully saturated rings. The number of halogens is 1. The number of amides is 1. The van der Waals surface area contributed by atoms with Crippen LogP contribution in [0.4, 0.5) is 10.1 Å². The summed E-state index contributed by atoms with van der Waals surface area (Å²) < 4.78 is 19.1. The molecule has 1 N–H and O–H groups in total. The standard InChI is InChI=1S/C23H17FN2O2/c24-17-5-2-4-16(12-17)21-13-22(21)23(27)26-18-7-9-19(10-8-18)28-20-6-1-3-15(11-20)14-25/h1-12,21-22H,13H2,(H,26,27). The zero-order valence-electron chi connectivity index (χ0n) is 14.9. The normalized spacial score (nSPS) is 17.4. The molecule has 1 saturated carbocycles. The second-order valence-corrected chi connectivity index (χ2v) is 6.76. The molecule has 138 valence electrons. The third-order valence-electron chi connectivity index (χ3n) is 4.72. The molecular weight excluding hydrogens is 355 g/mol. The van der Waals surface area contributed by atoms with Crippen LogP contribution >= 0.6 is 0 Å². The quantitative estimate of drug-likeness (QED) is 0.667. The van der Waals surface area contributed by atoms with Crippen LogP contribution in [0.25, 0.3) is 0 Å². The van der Waals surface area contributed by atoms with E-state index in [0.717, 1.165) is 12.0 Å².